The van der Waals surface area contributed by atoms with Gasteiger partial charge in [0.25, 0.3) is 0 Å². The van der Waals surface area contributed by atoms with E-state index in [2.05, 4.69) is 26.5 Å². The summed E-state index contributed by atoms with van der Waals surface area (Å²) in [5, 5.41) is 0. The third-order valence-electron chi connectivity index (χ3n) is 8.28. The van der Waals surface area contributed by atoms with Crippen molar-refractivity contribution in [3.05, 3.63) is 72.8 Å². The molecule has 6 rings (SSSR count). The number of hydrogen-bond donors (Lipinski definition) is 1. The Balaban J connectivity index is 1.30. The van der Waals surface area contributed by atoms with Crippen LogP contribution in [-0.2, 0) is 21.3 Å². The van der Waals surface area contributed by atoms with E-state index < -0.39 is 17.5 Å². The number of nitrogens with zero attached hydrogens (tertiary/aromatic N) is 8. The zero-order valence-corrected chi connectivity index (χ0v) is 24.4. The average molecular weight is 622 g/mol. The third-order valence-corrected chi connectivity index (χ3v) is 8.28. The molecule has 2 aliphatic heterocycles. The number of halogens is 3. The van der Waals surface area contributed by atoms with Crippen LogP contribution in [0.2, 0.25) is 0 Å². The highest BCUT2D eigenvalue weighted by Gasteiger charge is 2.44. The topological polar surface area (TPSA) is 136 Å². The number of amides is 3. The number of alkyl halides is 3. The molecule has 2 fully saturated rings. The smallest absolute Gasteiger partial charge is 0.383 e. The maximum absolute atomic E-state index is 13.6. The van der Waals surface area contributed by atoms with Crippen molar-refractivity contribution in [1.29, 1.82) is 0 Å². The van der Waals surface area contributed by atoms with Crippen LogP contribution >= 0.6 is 0 Å². The van der Waals surface area contributed by atoms with Gasteiger partial charge in [0.05, 0.1) is 29.7 Å². The molecule has 3 amide bonds. The quantitative estimate of drug-likeness (QED) is 0.335. The number of rotatable bonds is 5. The Bertz CT molecular complexity index is 1770. The lowest BCUT2D eigenvalue weighted by Crippen LogP contribution is -2.53. The molecule has 0 bridgehead atoms. The molecule has 1 atom stereocenters. The number of anilines is 1. The van der Waals surface area contributed by atoms with Gasteiger partial charge in [0.2, 0.25) is 5.91 Å². The molecule has 45 heavy (non-hydrogen) atoms. The highest BCUT2D eigenvalue weighted by molar-refractivity contribution is 5.87. The predicted octanol–water partition coefficient (Wildman–Crippen LogP) is 3.48. The molecule has 4 aromatic rings. The summed E-state index contributed by atoms with van der Waals surface area (Å²) in [6, 6.07) is 8.75. The largest absolute Gasteiger partial charge is 0.433 e. The summed E-state index contributed by atoms with van der Waals surface area (Å²) in [7, 11) is 1.55. The molecule has 0 radical (unpaired) electrons. The number of nitrogen functional groups attached to an aromatic ring is 1. The summed E-state index contributed by atoms with van der Waals surface area (Å²) in [6.07, 6.45) is 0.107. The first-order valence-corrected chi connectivity index (χ1v) is 14.2. The van der Waals surface area contributed by atoms with E-state index in [-0.39, 0.29) is 41.3 Å². The molecule has 4 aromatic heterocycles. The van der Waals surface area contributed by atoms with Crippen LogP contribution in [0.15, 0.2) is 61.4 Å². The summed E-state index contributed by atoms with van der Waals surface area (Å²) in [4.78, 5) is 47.6. The van der Waals surface area contributed by atoms with Crippen molar-refractivity contribution in [3.8, 4) is 17.1 Å². The fraction of sp³-hybridized carbons (Fsp3) is 0.333. The van der Waals surface area contributed by atoms with Gasteiger partial charge in [0.15, 0.2) is 11.5 Å². The molecular formula is C30H30F3N9O3. The lowest BCUT2D eigenvalue weighted by Gasteiger charge is -2.36. The SMILES string of the molecule is C=CC(=O)N1CCN(C(=O)N2CC[C@@](OC)(c3ccc(-n4c(-c5cccnc5N)nc5ccc(C(F)(F)F)nc54)cn3)C2)CC1. The first-order valence-electron chi connectivity index (χ1n) is 14.2. The van der Waals surface area contributed by atoms with Gasteiger partial charge in [-0.15, -0.1) is 0 Å². The minimum absolute atomic E-state index is 0.0217. The zero-order valence-electron chi connectivity index (χ0n) is 24.4. The van der Waals surface area contributed by atoms with Crippen molar-refractivity contribution in [3.63, 3.8) is 0 Å². The van der Waals surface area contributed by atoms with E-state index in [1.807, 2.05) is 0 Å². The van der Waals surface area contributed by atoms with Gasteiger partial charge < -0.3 is 25.2 Å². The van der Waals surface area contributed by atoms with Crippen LogP contribution in [0.4, 0.5) is 23.8 Å². The first-order chi connectivity index (χ1) is 21.5. The number of fused-ring (bicyclic) bond motifs is 1. The van der Waals surface area contributed by atoms with Crippen LogP contribution in [0.1, 0.15) is 17.8 Å². The van der Waals surface area contributed by atoms with Crippen LogP contribution in [-0.4, -0.2) is 97.5 Å². The summed E-state index contributed by atoms with van der Waals surface area (Å²) in [5.41, 5.74) is 5.75. The summed E-state index contributed by atoms with van der Waals surface area (Å²) < 4.78 is 48.3. The van der Waals surface area contributed by atoms with Crippen molar-refractivity contribution in [2.75, 3.05) is 52.1 Å². The van der Waals surface area contributed by atoms with Gasteiger partial charge in [-0.05, 0) is 42.5 Å². The van der Waals surface area contributed by atoms with Crippen LogP contribution in [0.5, 0.6) is 0 Å². The molecule has 15 heteroatoms. The molecule has 2 N–H and O–H groups in total. The van der Waals surface area contributed by atoms with Crippen molar-refractivity contribution in [2.45, 2.75) is 18.2 Å². The van der Waals surface area contributed by atoms with Gasteiger partial charge in [0, 0.05) is 52.5 Å². The highest BCUT2D eigenvalue weighted by Crippen LogP contribution is 2.37. The van der Waals surface area contributed by atoms with Gasteiger partial charge in [-0.25, -0.2) is 19.7 Å². The zero-order chi connectivity index (χ0) is 31.9. The molecule has 2 saturated heterocycles. The lowest BCUT2D eigenvalue weighted by atomic mass is 9.97. The van der Waals surface area contributed by atoms with Crippen LogP contribution in [0, 0.1) is 0 Å². The number of likely N-dealkylation sites (tertiary alicyclic amines) is 1. The fourth-order valence-corrected chi connectivity index (χ4v) is 5.81. The summed E-state index contributed by atoms with van der Waals surface area (Å²) in [5.74, 6) is 0.246. The lowest BCUT2D eigenvalue weighted by molar-refractivity contribution is -0.141. The second-order valence-corrected chi connectivity index (χ2v) is 10.8. The number of urea groups is 1. The number of pyridine rings is 3. The van der Waals surface area contributed by atoms with E-state index in [1.165, 1.54) is 29.1 Å². The van der Waals surface area contributed by atoms with E-state index in [4.69, 9.17) is 10.5 Å². The molecule has 6 heterocycles. The van der Waals surface area contributed by atoms with Gasteiger partial charge in [-0.1, -0.05) is 6.58 Å². The van der Waals surface area contributed by atoms with Gasteiger partial charge >= 0.3 is 12.2 Å². The third kappa shape index (κ3) is 5.43. The van der Waals surface area contributed by atoms with Gasteiger partial charge in [-0.3, -0.25) is 14.3 Å². The molecule has 2 aliphatic rings. The number of carbonyl (C=O) groups is 2. The van der Waals surface area contributed by atoms with E-state index in [9.17, 15) is 22.8 Å². The Hall–Kier alpha value is -5.05. The second-order valence-electron chi connectivity index (χ2n) is 10.8. The Morgan fingerprint density at radius 3 is 2.40 bits per heavy atom. The van der Waals surface area contributed by atoms with Crippen LogP contribution in [0.25, 0.3) is 28.2 Å². The molecule has 0 spiro atoms. The Morgan fingerprint density at radius 1 is 1.00 bits per heavy atom. The van der Waals surface area contributed by atoms with Crippen LogP contribution < -0.4 is 5.73 Å². The highest BCUT2D eigenvalue weighted by atomic mass is 19.4. The molecule has 0 saturated carbocycles. The number of piperazine rings is 1. The Labute approximate surface area is 255 Å². The normalized spacial score (nSPS) is 18.9. The van der Waals surface area contributed by atoms with Crippen molar-refractivity contribution >= 4 is 28.9 Å². The molecule has 0 aliphatic carbocycles. The van der Waals surface area contributed by atoms with E-state index >= 15 is 0 Å². The standard InChI is InChI=1S/C30H30F3N9O3/c1-3-24(43)39-13-15-40(16-14-39)28(44)41-12-10-29(18-41,45-2)22-8-6-19(17-36-22)42-26(20-5-4-11-35-25(20)34)37-21-7-9-23(30(31,32)33)38-27(21)42/h3-9,11,17H,1,10,12-16,18H2,2H3,(H2,34,35)/t29-/m0/s1. The number of nitrogens with two attached hydrogens (primary N) is 1. The minimum atomic E-state index is -4.66. The number of methoxy groups -OCH3 is 1. The number of aromatic nitrogens is 5. The molecular weight excluding hydrogens is 591 g/mol. The van der Waals surface area contributed by atoms with Crippen molar-refractivity contribution in [2.24, 2.45) is 0 Å². The van der Waals surface area contributed by atoms with E-state index in [1.54, 1.807) is 46.1 Å². The van der Waals surface area contributed by atoms with E-state index in [0.29, 0.717) is 56.1 Å². The number of hydrogen-bond acceptors (Lipinski definition) is 8. The van der Waals surface area contributed by atoms with Crippen molar-refractivity contribution < 1.29 is 27.5 Å². The minimum Gasteiger partial charge on any atom is -0.383 e. The molecule has 234 valence electrons. The Morgan fingerprint density at radius 2 is 1.76 bits per heavy atom. The second kappa shape index (κ2) is 11.5. The predicted molar refractivity (Wildman–Crippen MR) is 158 cm³/mol. The first kappa shape index (κ1) is 30.0. The monoisotopic (exact) mass is 621 g/mol. The van der Waals surface area contributed by atoms with Crippen molar-refractivity contribution in [1.82, 2.24) is 39.2 Å². The maximum atomic E-state index is 13.6. The van der Waals surface area contributed by atoms with Gasteiger partial charge in [0.1, 0.15) is 22.6 Å². The molecule has 0 aromatic carbocycles. The molecule has 0 unspecified atom stereocenters. The van der Waals surface area contributed by atoms with E-state index in [0.717, 1.165) is 6.07 Å². The summed E-state index contributed by atoms with van der Waals surface area (Å²) in [6.45, 7) is 5.88. The van der Waals surface area contributed by atoms with Gasteiger partial charge in [-0.2, -0.15) is 13.2 Å². The Kier molecular flexibility index (Phi) is 7.64. The number of ether oxygens (including phenoxy) is 1. The number of imidazole rings is 1. The average Bonchev–Trinajstić information content (AvgIpc) is 3.67. The molecule has 12 nitrogen and oxygen atoms in total. The fourth-order valence-electron chi connectivity index (χ4n) is 5.81. The van der Waals surface area contributed by atoms with Crippen LogP contribution in [0.3, 0.4) is 0 Å². The summed E-state index contributed by atoms with van der Waals surface area (Å²) >= 11 is 0. The number of carbonyl (C=O) groups excluding carboxylic acids is 2. The maximum Gasteiger partial charge on any atom is 0.433 e.